The van der Waals surface area contributed by atoms with Crippen LogP contribution in [0.1, 0.15) is 16.7 Å². The molecule has 0 bridgehead atoms. The van der Waals surface area contributed by atoms with E-state index in [4.69, 9.17) is 4.74 Å². The van der Waals surface area contributed by atoms with Crippen molar-refractivity contribution < 1.29 is 18.7 Å². The van der Waals surface area contributed by atoms with Crippen LogP contribution in [0.2, 0.25) is 0 Å². The number of halogens is 2. The van der Waals surface area contributed by atoms with Crippen LogP contribution in [0, 0.1) is 5.82 Å². The number of rotatable bonds is 6. The number of carbonyl (C=O) groups is 2. The van der Waals surface area contributed by atoms with Crippen LogP contribution in [0.4, 0.5) is 9.18 Å². The highest BCUT2D eigenvalue weighted by molar-refractivity contribution is 9.10. The van der Waals surface area contributed by atoms with E-state index in [-0.39, 0.29) is 17.8 Å². The van der Waals surface area contributed by atoms with Crippen molar-refractivity contribution >= 4 is 44.7 Å². The summed E-state index contributed by atoms with van der Waals surface area (Å²) in [4.78, 5) is 26.1. The second-order valence-corrected chi connectivity index (χ2v) is 8.99. The summed E-state index contributed by atoms with van der Waals surface area (Å²) in [6.07, 6.45) is 1.58. The summed E-state index contributed by atoms with van der Waals surface area (Å²) in [7, 11) is 0. The van der Waals surface area contributed by atoms with Gasteiger partial charge in [-0.1, -0.05) is 60.7 Å². The van der Waals surface area contributed by atoms with Gasteiger partial charge in [0.05, 0.1) is 11.0 Å². The molecule has 174 valence electrons. The van der Waals surface area contributed by atoms with Crippen LogP contribution >= 0.6 is 15.9 Å². The van der Waals surface area contributed by atoms with Gasteiger partial charge in [-0.3, -0.25) is 9.69 Å². The van der Waals surface area contributed by atoms with Gasteiger partial charge < -0.3 is 10.1 Å². The van der Waals surface area contributed by atoms with Crippen molar-refractivity contribution in [2.75, 3.05) is 0 Å². The first-order valence-corrected chi connectivity index (χ1v) is 11.8. The van der Waals surface area contributed by atoms with Crippen LogP contribution in [0.5, 0.6) is 5.75 Å². The lowest BCUT2D eigenvalue weighted by atomic mass is 10.1. The number of benzene rings is 4. The van der Waals surface area contributed by atoms with Gasteiger partial charge in [-0.25, -0.2) is 9.18 Å². The van der Waals surface area contributed by atoms with Crippen LogP contribution in [-0.2, 0) is 17.9 Å². The molecule has 4 aromatic rings. The van der Waals surface area contributed by atoms with Crippen LogP contribution in [0.3, 0.4) is 0 Å². The van der Waals surface area contributed by atoms with Crippen molar-refractivity contribution in [2.24, 2.45) is 0 Å². The van der Waals surface area contributed by atoms with E-state index in [0.29, 0.717) is 22.4 Å². The lowest BCUT2D eigenvalue weighted by molar-refractivity contribution is -0.123. The van der Waals surface area contributed by atoms with Gasteiger partial charge in [0.2, 0.25) is 0 Å². The third-order valence-corrected chi connectivity index (χ3v) is 6.34. The molecule has 1 heterocycles. The summed E-state index contributed by atoms with van der Waals surface area (Å²) in [6.45, 7) is 0.267. The highest BCUT2D eigenvalue weighted by Gasteiger charge is 2.34. The number of hydrogen-bond donors (Lipinski definition) is 1. The number of hydrogen-bond acceptors (Lipinski definition) is 3. The number of nitrogens with zero attached hydrogens (tertiary/aromatic N) is 1. The fourth-order valence-corrected chi connectivity index (χ4v) is 4.40. The zero-order valence-corrected chi connectivity index (χ0v) is 20.1. The van der Waals surface area contributed by atoms with Crippen molar-refractivity contribution in [3.05, 3.63) is 118 Å². The number of imide groups is 1. The molecule has 0 aliphatic carbocycles. The van der Waals surface area contributed by atoms with Crippen molar-refractivity contribution in [1.82, 2.24) is 10.2 Å². The second-order valence-electron chi connectivity index (χ2n) is 8.13. The van der Waals surface area contributed by atoms with E-state index in [1.807, 2.05) is 24.3 Å². The number of fused-ring (bicyclic) bond motifs is 1. The Morgan fingerprint density at radius 1 is 0.914 bits per heavy atom. The first-order valence-electron chi connectivity index (χ1n) is 11.0. The smallest absolute Gasteiger partial charge is 0.329 e. The SMILES string of the molecule is O=C1N/C(=C/c2ccc(OCc3ccc4ccccc4c3)c(Br)c2)C(=O)N1Cc1ccccc1F. The average molecular weight is 531 g/mol. The highest BCUT2D eigenvalue weighted by atomic mass is 79.9. The molecular weight excluding hydrogens is 511 g/mol. The Kier molecular flexibility index (Phi) is 6.33. The minimum atomic E-state index is -0.584. The fraction of sp³-hybridized carbons (Fsp3) is 0.0714. The normalized spacial score (nSPS) is 14.6. The lowest BCUT2D eigenvalue weighted by Gasteiger charge is -2.12. The molecule has 3 amide bonds. The predicted octanol–water partition coefficient (Wildman–Crippen LogP) is 6.41. The monoisotopic (exact) mass is 530 g/mol. The molecule has 0 atom stereocenters. The minimum Gasteiger partial charge on any atom is -0.488 e. The van der Waals surface area contributed by atoms with Crippen molar-refractivity contribution in [2.45, 2.75) is 13.2 Å². The van der Waals surface area contributed by atoms with E-state index in [9.17, 15) is 14.0 Å². The van der Waals surface area contributed by atoms with E-state index in [0.717, 1.165) is 15.8 Å². The van der Waals surface area contributed by atoms with Gasteiger partial charge in [-0.2, -0.15) is 0 Å². The quantitative estimate of drug-likeness (QED) is 0.231. The molecular formula is C28H20BrFN2O3. The van der Waals surface area contributed by atoms with Crippen molar-refractivity contribution in [3.8, 4) is 5.75 Å². The van der Waals surface area contributed by atoms with E-state index >= 15 is 0 Å². The number of urea groups is 1. The second kappa shape index (κ2) is 9.72. The molecule has 1 aliphatic heterocycles. The summed E-state index contributed by atoms with van der Waals surface area (Å²) >= 11 is 3.52. The summed E-state index contributed by atoms with van der Waals surface area (Å²) in [5.74, 6) is -0.317. The fourth-order valence-electron chi connectivity index (χ4n) is 3.89. The standard InChI is InChI=1S/C28H20BrFN2O3/c29-23-14-18(10-12-26(23)35-17-19-9-11-20-5-1-2-6-21(20)13-19)15-25-27(33)32(28(34)31-25)16-22-7-3-4-8-24(22)30/h1-15H,16-17H2,(H,31,34)/b25-15+. The molecule has 5 nitrogen and oxygen atoms in total. The van der Waals surface area contributed by atoms with E-state index in [1.165, 1.54) is 11.5 Å². The molecule has 1 N–H and O–H groups in total. The molecule has 5 rings (SSSR count). The lowest BCUT2D eigenvalue weighted by Crippen LogP contribution is -2.30. The van der Waals surface area contributed by atoms with Crippen LogP contribution in [-0.4, -0.2) is 16.8 Å². The van der Waals surface area contributed by atoms with Gasteiger partial charge in [0, 0.05) is 5.56 Å². The van der Waals surface area contributed by atoms with Gasteiger partial charge in [-0.05, 0) is 68.2 Å². The van der Waals surface area contributed by atoms with Crippen LogP contribution < -0.4 is 10.1 Å². The third kappa shape index (κ3) is 4.95. The molecule has 1 fully saturated rings. The maximum absolute atomic E-state index is 14.0. The topological polar surface area (TPSA) is 58.6 Å². The number of ether oxygens (including phenoxy) is 1. The Labute approximate surface area is 210 Å². The molecule has 1 saturated heterocycles. The summed E-state index contributed by atoms with van der Waals surface area (Å²) in [6, 6.07) is 25.3. The molecule has 0 aromatic heterocycles. The predicted molar refractivity (Wildman–Crippen MR) is 136 cm³/mol. The average Bonchev–Trinajstić information content (AvgIpc) is 3.12. The van der Waals surface area contributed by atoms with Crippen LogP contribution in [0.25, 0.3) is 16.8 Å². The van der Waals surface area contributed by atoms with Gasteiger partial charge >= 0.3 is 6.03 Å². The zero-order chi connectivity index (χ0) is 24.4. The molecule has 0 saturated carbocycles. The first kappa shape index (κ1) is 22.8. The molecule has 0 unspecified atom stereocenters. The number of carbonyl (C=O) groups excluding carboxylic acids is 2. The minimum absolute atomic E-state index is 0.128. The number of amides is 3. The largest absolute Gasteiger partial charge is 0.488 e. The van der Waals surface area contributed by atoms with Gasteiger partial charge in [0.25, 0.3) is 5.91 Å². The Morgan fingerprint density at radius 3 is 2.49 bits per heavy atom. The van der Waals surface area contributed by atoms with E-state index in [2.05, 4.69) is 45.5 Å². The Balaban J connectivity index is 1.28. The van der Waals surface area contributed by atoms with Gasteiger partial charge in [0.15, 0.2) is 0 Å². The maximum atomic E-state index is 14.0. The van der Waals surface area contributed by atoms with Gasteiger partial charge in [0.1, 0.15) is 23.9 Å². The first-order chi connectivity index (χ1) is 17.0. The molecule has 0 radical (unpaired) electrons. The highest BCUT2D eigenvalue weighted by Crippen LogP contribution is 2.29. The molecule has 1 aliphatic rings. The summed E-state index contributed by atoms with van der Waals surface area (Å²) < 4.78 is 20.7. The maximum Gasteiger partial charge on any atom is 0.329 e. The molecule has 7 heteroatoms. The molecule has 4 aromatic carbocycles. The van der Waals surface area contributed by atoms with Crippen LogP contribution in [0.15, 0.2) is 95.1 Å². The Morgan fingerprint density at radius 2 is 1.69 bits per heavy atom. The summed E-state index contributed by atoms with van der Waals surface area (Å²) in [5, 5.41) is 4.90. The van der Waals surface area contributed by atoms with Gasteiger partial charge in [-0.15, -0.1) is 0 Å². The van der Waals surface area contributed by atoms with E-state index in [1.54, 1.807) is 36.4 Å². The Hall–Kier alpha value is -3.97. The molecule has 35 heavy (non-hydrogen) atoms. The van der Waals surface area contributed by atoms with Crippen molar-refractivity contribution in [3.63, 3.8) is 0 Å². The zero-order valence-electron chi connectivity index (χ0n) is 18.5. The summed E-state index contributed by atoms with van der Waals surface area (Å²) in [5.41, 5.74) is 2.15. The number of nitrogens with one attached hydrogen (secondary N) is 1. The molecule has 0 spiro atoms. The van der Waals surface area contributed by atoms with Crippen molar-refractivity contribution in [1.29, 1.82) is 0 Å². The third-order valence-electron chi connectivity index (χ3n) is 5.72. The Bertz CT molecular complexity index is 1480. The van der Waals surface area contributed by atoms with E-state index < -0.39 is 17.8 Å².